The van der Waals surface area contributed by atoms with Gasteiger partial charge in [-0.2, -0.15) is 0 Å². The molecule has 40 heavy (non-hydrogen) atoms. The van der Waals surface area contributed by atoms with Gasteiger partial charge in [-0.05, 0) is 102 Å². The first-order valence-corrected chi connectivity index (χ1v) is 15.4. The summed E-state index contributed by atoms with van der Waals surface area (Å²) in [5, 5.41) is 0. The van der Waals surface area contributed by atoms with E-state index in [2.05, 4.69) is 58.9 Å². The third-order valence-corrected chi connectivity index (χ3v) is 6.76. The number of halogens is 1. The molecule has 2 rings (SSSR count). The molecule has 0 spiro atoms. The van der Waals surface area contributed by atoms with Gasteiger partial charge in [0, 0.05) is 6.42 Å². The van der Waals surface area contributed by atoms with Crippen molar-refractivity contribution in [3.8, 4) is 0 Å². The molecule has 0 aliphatic carbocycles. The predicted molar refractivity (Wildman–Crippen MR) is 172 cm³/mol. The third kappa shape index (κ3) is 18.6. The number of ether oxygens (including phenoxy) is 1. The highest BCUT2D eigenvalue weighted by molar-refractivity contribution is 5.49. The van der Waals surface area contributed by atoms with E-state index >= 15 is 0 Å². The van der Waals surface area contributed by atoms with Crippen LogP contribution >= 0.6 is 0 Å². The van der Waals surface area contributed by atoms with Gasteiger partial charge in [0.1, 0.15) is 12.1 Å². The number of hydrogen-bond donors (Lipinski definition) is 0. The van der Waals surface area contributed by atoms with E-state index in [1.165, 1.54) is 42.4 Å². The Balaban J connectivity index is 0.000000667. The summed E-state index contributed by atoms with van der Waals surface area (Å²) in [5.74, 6) is 1.43. The van der Waals surface area contributed by atoms with Crippen LogP contribution in [0.5, 0.6) is 0 Å². The van der Waals surface area contributed by atoms with E-state index in [9.17, 15) is 9.18 Å². The first-order chi connectivity index (χ1) is 19.2. The van der Waals surface area contributed by atoms with Crippen molar-refractivity contribution in [2.75, 3.05) is 6.61 Å². The third-order valence-electron chi connectivity index (χ3n) is 6.76. The Bertz CT molecular complexity index is 952. The average Bonchev–Trinajstić information content (AvgIpc) is 2.93. The second-order valence-electron chi connectivity index (χ2n) is 10.7. The molecule has 0 aromatic heterocycles. The van der Waals surface area contributed by atoms with Gasteiger partial charge in [-0.15, -0.1) is 0 Å². The van der Waals surface area contributed by atoms with E-state index in [1.807, 2.05) is 51.1 Å². The van der Waals surface area contributed by atoms with Crippen LogP contribution in [0.2, 0.25) is 0 Å². The van der Waals surface area contributed by atoms with E-state index in [-0.39, 0.29) is 5.82 Å². The number of carbonyl (C=O) groups is 1. The van der Waals surface area contributed by atoms with E-state index < -0.39 is 0 Å². The molecule has 2 aromatic carbocycles. The maximum Gasteiger partial charge on any atom is 0.129 e. The highest BCUT2D eigenvalue weighted by atomic mass is 19.1. The van der Waals surface area contributed by atoms with Crippen LogP contribution in [0.25, 0.3) is 0 Å². The zero-order valence-corrected chi connectivity index (χ0v) is 26.8. The number of carbonyl (C=O) groups excluding carboxylic acids is 1. The van der Waals surface area contributed by atoms with Crippen molar-refractivity contribution in [2.45, 2.75) is 120 Å². The predicted octanol–water partition coefficient (Wildman–Crippen LogP) is 11.2. The molecule has 0 saturated heterocycles. The van der Waals surface area contributed by atoms with Gasteiger partial charge in [0.05, 0.1) is 12.4 Å². The van der Waals surface area contributed by atoms with Gasteiger partial charge in [-0.1, -0.05) is 99.7 Å². The van der Waals surface area contributed by atoms with Gasteiger partial charge in [0.25, 0.3) is 0 Å². The Morgan fingerprint density at radius 1 is 0.875 bits per heavy atom. The molecule has 1 atom stereocenters. The zero-order valence-electron chi connectivity index (χ0n) is 26.8. The number of allylic oxidation sites excluding steroid dienone is 4. The van der Waals surface area contributed by atoms with E-state index in [1.54, 1.807) is 0 Å². The fraction of sp³-hybridized carbons (Fsp3) is 0.541. The second-order valence-corrected chi connectivity index (χ2v) is 10.7. The molecule has 0 radical (unpaired) electrons. The molecule has 3 heteroatoms. The fourth-order valence-corrected chi connectivity index (χ4v) is 4.39. The minimum absolute atomic E-state index is 0.0999. The molecule has 224 valence electrons. The first-order valence-electron chi connectivity index (χ1n) is 15.4. The highest BCUT2D eigenvalue weighted by Crippen LogP contribution is 2.25. The van der Waals surface area contributed by atoms with Crippen molar-refractivity contribution in [3.63, 3.8) is 0 Å². The maximum atomic E-state index is 13.7. The molecule has 2 nitrogen and oxygen atoms in total. The van der Waals surface area contributed by atoms with Crippen LogP contribution in [0.4, 0.5) is 4.39 Å². The molecule has 1 unspecified atom stereocenters. The van der Waals surface area contributed by atoms with Gasteiger partial charge in [-0.25, -0.2) is 4.39 Å². The molecule has 0 heterocycles. The molecule has 2 aromatic rings. The molecule has 0 saturated carbocycles. The summed E-state index contributed by atoms with van der Waals surface area (Å²) in [4.78, 5) is 10.5. The van der Waals surface area contributed by atoms with Crippen molar-refractivity contribution in [2.24, 2.45) is 5.92 Å². The average molecular weight is 553 g/mol. The van der Waals surface area contributed by atoms with Crippen LogP contribution in [0.15, 0.2) is 65.9 Å². The minimum atomic E-state index is -0.0999. The summed E-state index contributed by atoms with van der Waals surface area (Å²) >= 11 is 0. The largest absolute Gasteiger partial charge is 0.499 e. The lowest BCUT2D eigenvalue weighted by atomic mass is 9.87. The standard InChI is InChI=1S/C19H27FO.C11H22O.C7H8/c1-5-8-14(2)18(9-6-7-10-21)13-17-11-15(3)19(20)16(4)12-17;1-4-6-8-10-12-11(3)9-7-5-2;1-7-5-3-2-4-6-7/h8,10-12,18H,5-7,9,13H2,1-4H3;9H,4-8,10H2,1-3H3;2-6H,1H3/b14-8+;;. The van der Waals surface area contributed by atoms with Crippen molar-refractivity contribution < 1.29 is 13.9 Å². The van der Waals surface area contributed by atoms with Crippen molar-refractivity contribution in [1.29, 1.82) is 0 Å². The van der Waals surface area contributed by atoms with Gasteiger partial charge in [-0.3, -0.25) is 0 Å². The minimum Gasteiger partial charge on any atom is -0.499 e. The number of aldehydes is 1. The lowest BCUT2D eigenvalue weighted by molar-refractivity contribution is -0.107. The number of hydrogen-bond acceptors (Lipinski definition) is 2. The molecular weight excluding hydrogens is 495 g/mol. The maximum absolute atomic E-state index is 13.7. The van der Waals surface area contributed by atoms with Crippen molar-refractivity contribution >= 4 is 6.29 Å². The summed E-state index contributed by atoms with van der Waals surface area (Å²) in [5.41, 5.74) is 5.32. The Hall–Kier alpha value is -2.68. The smallest absolute Gasteiger partial charge is 0.129 e. The number of aryl methyl sites for hydroxylation is 3. The van der Waals surface area contributed by atoms with Gasteiger partial charge in [0.2, 0.25) is 0 Å². The molecule has 0 bridgehead atoms. The lowest BCUT2D eigenvalue weighted by Crippen LogP contribution is -2.08. The Kier molecular flexibility index (Phi) is 22.5. The van der Waals surface area contributed by atoms with E-state index in [4.69, 9.17) is 4.74 Å². The summed E-state index contributed by atoms with van der Waals surface area (Å²) in [6.45, 7) is 17.3. The zero-order chi connectivity index (χ0) is 30.2. The molecule has 0 fully saturated rings. The van der Waals surface area contributed by atoms with Crippen LogP contribution in [0.3, 0.4) is 0 Å². The van der Waals surface area contributed by atoms with Crippen LogP contribution in [0.1, 0.15) is 115 Å². The van der Waals surface area contributed by atoms with Crippen LogP contribution < -0.4 is 0 Å². The normalized spacial score (nSPS) is 12.0. The summed E-state index contributed by atoms with van der Waals surface area (Å²) in [7, 11) is 0. The molecule has 0 aliphatic heterocycles. The molecule has 0 aliphatic rings. The Morgan fingerprint density at radius 2 is 1.52 bits per heavy atom. The van der Waals surface area contributed by atoms with Crippen molar-refractivity contribution in [1.82, 2.24) is 0 Å². The van der Waals surface area contributed by atoms with E-state index in [0.717, 1.165) is 50.8 Å². The molecule has 0 amide bonds. The van der Waals surface area contributed by atoms with E-state index in [0.29, 0.717) is 23.5 Å². The first kappa shape index (κ1) is 37.3. The summed E-state index contributed by atoms with van der Waals surface area (Å²) < 4.78 is 19.2. The fourth-order valence-electron chi connectivity index (χ4n) is 4.39. The molecule has 0 N–H and O–H groups in total. The number of unbranched alkanes of at least 4 members (excludes halogenated alkanes) is 4. The monoisotopic (exact) mass is 552 g/mol. The van der Waals surface area contributed by atoms with Crippen LogP contribution in [-0.4, -0.2) is 12.9 Å². The van der Waals surface area contributed by atoms with Crippen molar-refractivity contribution in [3.05, 3.63) is 94.0 Å². The summed E-state index contributed by atoms with van der Waals surface area (Å²) in [6, 6.07) is 14.2. The van der Waals surface area contributed by atoms with Gasteiger partial charge >= 0.3 is 0 Å². The second kappa shape index (κ2) is 24.1. The topological polar surface area (TPSA) is 26.3 Å². The number of benzene rings is 2. The van der Waals surface area contributed by atoms with Gasteiger partial charge < -0.3 is 9.53 Å². The van der Waals surface area contributed by atoms with Gasteiger partial charge in [0.15, 0.2) is 0 Å². The Morgan fingerprint density at radius 3 is 2.02 bits per heavy atom. The van der Waals surface area contributed by atoms with Crippen LogP contribution in [-0.2, 0) is 16.0 Å². The molecular formula is C37H57FO2. The quantitative estimate of drug-likeness (QED) is 0.0950. The highest BCUT2D eigenvalue weighted by Gasteiger charge is 2.13. The lowest BCUT2D eigenvalue weighted by Gasteiger charge is -2.19. The Labute approximate surface area is 246 Å². The summed E-state index contributed by atoms with van der Waals surface area (Å²) in [6.07, 6.45) is 16.0. The van der Waals surface area contributed by atoms with Crippen LogP contribution in [0, 0.1) is 32.5 Å². The SMILES string of the molecule is CC/C=C(\C)C(CCCC=O)Cc1cc(C)c(F)c(C)c1.CCCC=C(C)OCCCCC.Cc1ccccc1. The number of rotatable bonds is 15.